The highest BCUT2D eigenvalue weighted by Gasteiger charge is 2.31. The molecule has 3 aromatic rings. The lowest BCUT2D eigenvalue weighted by Crippen LogP contribution is -2.38. The second-order valence-corrected chi connectivity index (χ2v) is 6.90. The molecule has 0 bridgehead atoms. The number of benzene rings is 2. The maximum absolute atomic E-state index is 13.6. The molecule has 4 rings (SSSR count). The number of amides is 2. The van der Waals surface area contributed by atoms with Crippen LogP contribution in [0.4, 0.5) is 10.1 Å². The second-order valence-electron chi connectivity index (χ2n) is 6.90. The quantitative estimate of drug-likeness (QED) is 0.746. The van der Waals surface area contributed by atoms with E-state index in [2.05, 4.69) is 10.3 Å². The molecule has 5 nitrogen and oxygen atoms in total. The van der Waals surface area contributed by atoms with Gasteiger partial charge in [0, 0.05) is 35.2 Å². The van der Waals surface area contributed by atoms with Crippen molar-refractivity contribution in [2.45, 2.75) is 25.8 Å². The topological polar surface area (TPSA) is 65.2 Å². The molecule has 6 heteroatoms. The molecular formula is C21H20FN3O2. The minimum atomic E-state index is -0.331. The Hall–Kier alpha value is -3.15. The minimum Gasteiger partial charge on any atom is -0.358 e. The number of nitrogens with one attached hydrogen (secondary N) is 2. The van der Waals surface area contributed by atoms with E-state index in [0.717, 1.165) is 27.8 Å². The van der Waals surface area contributed by atoms with Crippen LogP contribution < -0.4 is 10.2 Å². The van der Waals surface area contributed by atoms with E-state index in [1.807, 2.05) is 37.3 Å². The molecule has 0 radical (unpaired) electrons. The van der Waals surface area contributed by atoms with Crippen molar-refractivity contribution in [3.8, 4) is 0 Å². The van der Waals surface area contributed by atoms with Crippen LogP contribution in [0.25, 0.3) is 10.9 Å². The van der Waals surface area contributed by atoms with E-state index in [0.29, 0.717) is 6.54 Å². The highest BCUT2D eigenvalue weighted by molar-refractivity contribution is 5.97. The first kappa shape index (κ1) is 17.3. The number of rotatable bonds is 4. The predicted molar refractivity (Wildman–Crippen MR) is 102 cm³/mol. The number of aromatic nitrogens is 1. The lowest BCUT2D eigenvalue weighted by Gasteiger charge is -2.17. The largest absolute Gasteiger partial charge is 0.358 e. The van der Waals surface area contributed by atoms with Crippen LogP contribution in [-0.2, 0) is 16.0 Å². The van der Waals surface area contributed by atoms with Gasteiger partial charge in [-0.2, -0.15) is 0 Å². The van der Waals surface area contributed by atoms with Crippen molar-refractivity contribution in [3.05, 3.63) is 65.6 Å². The lowest BCUT2D eigenvalue weighted by molar-refractivity contribution is -0.121. The van der Waals surface area contributed by atoms with E-state index < -0.39 is 0 Å². The molecule has 0 spiro atoms. The first-order valence-corrected chi connectivity index (χ1v) is 8.93. The average Bonchev–Trinajstić information content (AvgIpc) is 3.15. The highest BCUT2D eigenvalue weighted by atomic mass is 19.1. The molecular weight excluding hydrogens is 345 g/mol. The molecule has 0 unspecified atom stereocenters. The number of nitrogens with zero attached hydrogens (tertiary/aromatic N) is 1. The van der Waals surface area contributed by atoms with Crippen LogP contribution in [0.5, 0.6) is 0 Å². The summed E-state index contributed by atoms with van der Waals surface area (Å²) in [5.41, 5.74) is 3.27. The fourth-order valence-corrected chi connectivity index (χ4v) is 3.68. The number of halogens is 1. The lowest BCUT2D eigenvalue weighted by atomic mass is 10.1. The monoisotopic (exact) mass is 365 g/mol. The standard InChI is InChI=1S/C21H20FN3O2/c1-13-17(18-9-14(22)7-8-19(18)23-13)11-20(26)24-15-10-21(27)25(12-15)16-5-3-2-4-6-16/h2-9,15,23H,10-12H2,1H3,(H,24,26)/t15-/m1/s1. The summed E-state index contributed by atoms with van der Waals surface area (Å²) in [4.78, 5) is 29.7. The molecule has 1 fully saturated rings. The third-order valence-corrected chi connectivity index (χ3v) is 4.98. The van der Waals surface area contributed by atoms with E-state index in [4.69, 9.17) is 0 Å². The number of anilines is 1. The first-order chi connectivity index (χ1) is 13.0. The van der Waals surface area contributed by atoms with Gasteiger partial charge in [0.1, 0.15) is 5.82 Å². The van der Waals surface area contributed by atoms with Gasteiger partial charge >= 0.3 is 0 Å². The molecule has 27 heavy (non-hydrogen) atoms. The van der Waals surface area contributed by atoms with E-state index in [1.165, 1.54) is 12.1 Å². The molecule has 1 atom stereocenters. The molecule has 2 amide bonds. The van der Waals surface area contributed by atoms with Gasteiger partial charge in [0.2, 0.25) is 11.8 Å². The second kappa shape index (κ2) is 6.87. The SMILES string of the molecule is Cc1[nH]c2ccc(F)cc2c1CC(=O)N[C@@H]1CC(=O)N(c2ccccc2)C1. The summed E-state index contributed by atoms with van der Waals surface area (Å²) < 4.78 is 13.6. The Bertz CT molecular complexity index is 1010. The number of hydrogen-bond acceptors (Lipinski definition) is 2. The molecule has 1 aliphatic rings. The van der Waals surface area contributed by atoms with Crippen LogP contribution in [0.15, 0.2) is 48.5 Å². The van der Waals surface area contributed by atoms with Gasteiger partial charge in [-0.1, -0.05) is 18.2 Å². The third kappa shape index (κ3) is 3.43. The van der Waals surface area contributed by atoms with Gasteiger partial charge in [-0.05, 0) is 42.8 Å². The molecule has 0 aliphatic carbocycles. The van der Waals surface area contributed by atoms with Crippen molar-refractivity contribution in [1.29, 1.82) is 0 Å². The number of H-pyrrole nitrogens is 1. The normalized spacial score (nSPS) is 16.9. The number of para-hydroxylation sites is 1. The summed E-state index contributed by atoms with van der Waals surface area (Å²) in [7, 11) is 0. The minimum absolute atomic E-state index is 0.00292. The Labute approximate surface area is 156 Å². The maximum atomic E-state index is 13.6. The zero-order valence-electron chi connectivity index (χ0n) is 15.0. The highest BCUT2D eigenvalue weighted by Crippen LogP contribution is 2.24. The van der Waals surface area contributed by atoms with Gasteiger partial charge in [-0.25, -0.2) is 4.39 Å². The van der Waals surface area contributed by atoms with Crippen LogP contribution in [0.2, 0.25) is 0 Å². The van der Waals surface area contributed by atoms with Crippen molar-refractivity contribution >= 4 is 28.4 Å². The Morgan fingerprint density at radius 2 is 2.04 bits per heavy atom. The summed E-state index contributed by atoms with van der Waals surface area (Å²) in [5.74, 6) is -0.504. The smallest absolute Gasteiger partial charge is 0.229 e. The fourth-order valence-electron chi connectivity index (χ4n) is 3.68. The average molecular weight is 365 g/mol. The van der Waals surface area contributed by atoms with Crippen LogP contribution in [0.3, 0.4) is 0 Å². The zero-order valence-corrected chi connectivity index (χ0v) is 15.0. The molecule has 2 aromatic carbocycles. The van der Waals surface area contributed by atoms with E-state index in [9.17, 15) is 14.0 Å². The van der Waals surface area contributed by atoms with Crippen LogP contribution in [-0.4, -0.2) is 29.4 Å². The van der Waals surface area contributed by atoms with Crippen LogP contribution >= 0.6 is 0 Å². The predicted octanol–water partition coefficient (Wildman–Crippen LogP) is 3.08. The van der Waals surface area contributed by atoms with Crippen molar-refractivity contribution in [2.24, 2.45) is 0 Å². The van der Waals surface area contributed by atoms with Gasteiger partial charge in [0.05, 0.1) is 12.5 Å². The summed E-state index contributed by atoms with van der Waals surface area (Å²) in [6.07, 6.45) is 0.424. The van der Waals surface area contributed by atoms with Crippen molar-refractivity contribution < 1.29 is 14.0 Å². The molecule has 1 aromatic heterocycles. The van der Waals surface area contributed by atoms with Gasteiger partial charge < -0.3 is 15.2 Å². The van der Waals surface area contributed by atoms with Crippen LogP contribution in [0, 0.1) is 12.7 Å². The van der Waals surface area contributed by atoms with Gasteiger partial charge in [0.25, 0.3) is 0 Å². The molecule has 2 N–H and O–H groups in total. The van der Waals surface area contributed by atoms with Crippen molar-refractivity contribution in [2.75, 3.05) is 11.4 Å². The van der Waals surface area contributed by atoms with Gasteiger partial charge in [-0.3, -0.25) is 9.59 Å². The molecule has 1 saturated heterocycles. The summed E-state index contributed by atoms with van der Waals surface area (Å²) in [5, 5.41) is 3.66. The van der Waals surface area contributed by atoms with Crippen molar-refractivity contribution in [1.82, 2.24) is 10.3 Å². The number of aromatic amines is 1. The Morgan fingerprint density at radius 1 is 1.26 bits per heavy atom. The van der Waals surface area contributed by atoms with E-state index in [1.54, 1.807) is 11.0 Å². The zero-order chi connectivity index (χ0) is 19.0. The van der Waals surface area contributed by atoms with E-state index in [-0.39, 0.29) is 36.5 Å². The number of carbonyl (C=O) groups excluding carboxylic acids is 2. The number of hydrogen-bond donors (Lipinski definition) is 2. The first-order valence-electron chi connectivity index (χ1n) is 8.93. The number of aryl methyl sites for hydroxylation is 1. The van der Waals surface area contributed by atoms with E-state index >= 15 is 0 Å². The van der Waals surface area contributed by atoms with Crippen molar-refractivity contribution in [3.63, 3.8) is 0 Å². The Morgan fingerprint density at radius 3 is 2.81 bits per heavy atom. The van der Waals surface area contributed by atoms with Gasteiger partial charge in [0.15, 0.2) is 0 Å². The Balaban J connectivity index is 1.46. The Kier molecular flexibility index (Phi) is 4.39. The third-order valence-electron chi connectivity index (χ3n) is 4.98. The maximum Gasteiger partial charge on any atom is 0.229 e. The summed E-state index contributed by atoms with van der Waals surface area (Å²) >= 11 is 0. The number of fused-ring (bicyclic) bond motifs is 1. The van der Waals surface area contributed by atoms with Crippen LogP contribution in [0.1, 0.15) is 17.7 Å². The molecule has 1 aliphatic heterocycles. The molecule has 138 valence electrons. The molecule has 2 heterocycles. The fraction of sp³-hybridized carbons (Fsp3) is 0.238. The molecule has 0 saturated carbocycles. The summed E-state index contributed by atoms with van der Waals surface area (Å²) in [6, 6.07) is 13.7. The van der Waals surface area contributed by atoms with Gasteiger partial charge in [-0.15, -0.1) is 0 Å². The number of carbonyl (C=O) groups is 2. The summed E-state index contributed by atoms with van der Waals surface area (Å²) in [6.45, 7) is 2.33.